The number of anilines is 1. The Morgan fingerprint density at radius 2 is 2.24 bits per heavy atom. The van der Waals surface area contributed by atoms with Crippen molar-refractivity contribution in [3.05, 3.63) is 24.1 Å². The molecule has 0 atom stereocenters. The van der Waals surface area contributed by atoms with E-state index >= 15 is 0 Å². The molecule has 90 valence electrons. The van der Waals surface area contributed by atoms with Crippen molar-refractivity contribution in [1.29, 1.82) is 0 Å². The number of rotatable bonds is 3. The Balaban J connectivity index is 2.16. The monoisotopic (exact) mass is 232 g/mol. The molecule has 0 spiro atoms. The standard InChI is InChI=1S/C13H16N2O2/c1-8(2)6-13(16)15-10-4-5-11-12(7-10)17-9(3)14-11/h4-5,7-8H,6H2,1-3H3,(H,15,16). The van der Waals surface area contributed by atoms with Crippen LogP contribution >= 0.6 is 0 Å². The van der Waals surface area contributed by atoms with Gasteiger partial charge in [0.15, 0.2) is 11.5 Å². The van der Waals surface area contributed by atoms with E-state index in [1.54, 1.807) is 13.0 Å². The predicted octanol–water partition coefficient (Wildman–Crippen LogP) is 3.12. The highest BCUT2D eigenvalue weighted by Gasteiger charge is 2.07. The fourth-order valence-corrected chi connectivity index (χ4v) is 1.70. The summed E-state index contributed by atoms with van der Waals surface area (Å²) >= 11 is 0. The van der Waals surface area contributed by atoms with Gasteiger partial charge in [0.1, 0.15) is 5.52 Å². The molecule has 0 saturated carbocycles. The van der Waals surface area contributed by atoms with E-state index in [1.807, 2.05) is 26.0 Å². The van der Waals surface area contributed by atoms with Crippen molar-refractivity contribution >= 4 is 22.7 Å². The zero-order valence-corrected chi connectivity index (χ0v) is 10.3. The molecule has 0 bridgehead atoms. The number of hydrogen-bond donors (Lipinski definition) is 1. The van der Waals surface area contributed by atoms with E-state index in [9.17, 15) is 4.79 Å². The first kappa shape index (κ1) is 11.6. The molecule has 0 radical (unpaired) electrons. The highest BCUT2D eigenvalue weighted by molar-refractivity contribution is 5.92. The quantitative estimate of drug-likeness (QED) is 0.884. The minimum Gasteiger partial charge on any atom is -0.441 e. The third-order valence-electron chi connectivity index (χ3n) is 2.37. The summed E-state index contributed by atoms with van der Waals surface area (Å²) < 4.78 is 5.41. The molecule has 1 heterocycles. The average Bonchev–Trinajstić information content (AvgIpc) is 2.55. The van der Waals surface area contributed by atoms with Crippen LogP contribution in [0.5, 0.6) is 0 Å². The van der Waals surface area contributed by atoms with Crippen LogP contribution in [-0.4, -0.2) is 10.9 Å². The summed E-state index contributed by atoms with van der Waals surface area (Å²) in [6.45, 7) is 5.84. The fraction of sp³-hybridized carbons (Fsp3) is 0.385. The van der Waals surface area contributed by atoms with Gasteiger partial charge in [0.05, 0.1) is 0 Å². The second kappa shape index (κ2) is 4.57. The van der Waals surface area contributed by atoms with Gasteiger partial charge in [0.2, 0.25) is 5.91 Å². The van der Waals surface area contributed by atoms with Crippen molar-refractivity contribution in [3.63, 3.8) is 0 Å². The van der Waals surface area contributed by atoms with E-state index in [0.717, 1.165) is 11.2 Å². The number of nitrogens with zero attached hydrogens (tertiary/aromatic N) is 1. The number of carbonyl (C=O) groups excluding carboxylic acids is 1. The van der Waals surface area contributed by atoms with Gasteiger partial charge in [-0.3, -0.25) is 4.79 Å². The Hall–Kier alpha value is -1.84. The normalized spacial score (nSPS) is 11.1. The van der Waals surface area contributed by atoms with Crippen LogP contribution in [0, 0.1) is 12.8 Å². The molecule has 2 rings (SSSR count). The van der Waals surface area contributed by atoms with Crippen LogP contribution in [0.4, 0.5) is 5.69 Å². The number of hydrogen-bond acceptors (Lipinski definition) is 3. The average molecular weight is 232 g/mol. The van der Waals surface area contributed by atoms with Crippen molar-refractivity contribution in [3.8, 4) is 0 Å². The minimum atomic E-state index is 0.0237. The first-order valence-electron chi connectivity index (χ1n) is 5.71. The molecule has 0 fully saturated rings. The number of aromatic nitrogens is 1. The lowest BCUT2D eigenvalue weighted by atomic mass is 10.1. The van der Waals surface area contributed by atoms with Crippen molar-refractivity contribution in [2.75, 3.05) is 5.32 Å². The molecule has 2 aromatic rings. The highest BCUT2D eigenvalue weighted by Crippen LogP contribution is 2.20. The van der Waals surface area contributed by atoms with Gasteiger partial charge >= 0.3 is 0 Å². The second-order valence-electron chi connectivity index (χ2n) is 4.56. The molecule has 1 N–H and O–H groups in total. The van der Waals surface area contributed by atoms with E-state index in [2.05, 4.69) is 10.3 Å². The lowest BCUT2D eigenvalue weighted by Gasteiger charge is -2.06. The molecule has 0 saturated heterocycles. The van der Waals surface area contributed by atoms with E-state index in [0.29, 0.717) is 23.8 Å². The summed E-state index contributed by atoms with van der Waals surface area (Å²) in [5, 5.41) is 2.85. The molecule has 4 nitrogen and oxygen atoms in total. The maximum absolute atomic E-state index is 11.6. The molecular formula is C13H16N2O2. The summed E-state index contributed by atoms with van der Waals surface area (Å²) in [6, 6.07) is 5.48. The zero-order valence-electron chi connectivity index (χ0n) is 10.3. The van der Waals surface area contributed by atoms with Gasteiger partial charge in [-0.05, 0) is 18.1 Å². The minimum absolute atomic E-state index is 0.0237. The summed E-state index contributed by atoms with van der Waals surface area (Å²) in [6.07, 6.45) is 0.521. The largest absolute Gasteiger partial charge is 0.441 e. The SMILES string of the molecule is Cc1nc2ccc(NC(=O)CC(C)C)cc2o1. The summed E-state index contributed by atoms with van der Waals surface area (Å²) in [5.74, 6) is 1.01. The van der Waals surface area contributed by atoms with Gasteiger partial charge in [0, 0.05) is 25.1 Å². The zero-order chi connectivity index (χ0) is 12.4. The molecule has 0 unspecified atom stereocenters. The van der Waals surface area contributed by atoms with Gasteiger partial charge in [-0.25, -0.2) is 4.98 Å². The van der Waals surface area contributed by atoms with E-state index in [-0.39, 0.29) is 5.91 Å². The molecule has 17 heavy (non-hydrogen) atoms. The summed E-state index contributed by atoms with van der Waals surface area (Å²) in [5.41, 5.74) is 2.26. The Morgan fingerprint density at radius 1 is 1.47 bits per heavy atom. The van der Waals surface area contributed by atoms with Crippen LogP contribution < -0.4 is 5.32 Å². The molecule has 0 aliphatic heterocycles. The third-order valence-corrected chi connectivity index (χ3v) is 2.37. The predicted molar refractivity (Wildman–Crippen MR) is 66.8 cm³/mol. The number of benzene rings is 1. The van der Waals surface area contributed by atoms with Gasteiger partial charge in [-0.2, -0.15) is 0 Å². The molecule has 0 aliphatic carbocycles. The van der Waals surface area contributed by atoms with Crippen LogP contribution in [0.15, 0.2) is 22.6 Å². The second-order valence-corrected chi connectivity index (χ2v) is 4.56. The number of carbonyl (C=O) groups is 1. The van der Waals surface area contributed by atoms with Gasteiger partial charge in [-0.1, -0.05) is 13.8 Å². The van der Waals surface area contributed by atoms with E-state index < -0.39 is 0 Å². The first-order valence-corrected chi connectivity index (χ1v) is 5.71. The van der Waals surface area contributed by atoms with Crippen LogP contribution in [0.1, 0.15) is 26.2 Å². The Morgan fingerprint density at radius 3 is 2.94 bits per heavy atom. The third kappa shape index (κ3) is 2.84. The summed E-state index contributed by atoms with van der Waals surface area (Å²) in [4.78, 5) is 15.8. The van der Waals surface area contributed by atoms with Crippen molar-refractivity contribution < 1.29 is 9.21 Å². The Labute approximate surface area is 100 Å². The molecule has 1 aromatic heterocycles. The Kier molecular flexibility index (Phi) is 3.13. The number of nitrogens with one attached hydrogen (secondary N) is 1. The molecule has 4 heteroatoms. The van der Waals surface area contributed by atoms with Crippen molar-refractivity contribution in [2.45, 2.75) is 27.2 Å². The number of aryl methyl sites for hydroxylation is 1. The lowest BCUT2D eigenvalue weighted by molar-refractivity contribution is -0.116. The smallest absolute Gasteiger partial charge is 0.224 e. The van der Waals surface area contributed by atoms with Gasteiger partial charge in [-0.15, -0.1) is 0 Å². The fourth-order valence-electron chi connectivity index (χ4n) is 1.70. The van der Waals surface area contributed by atoms with Crippen molar-refractivity contribution in [2.24, 2.45) is 5.92 Å². The number of oxazole rings is 1. The Bertz CT molecular complexity index is 543. The molecule has 0 aliphatic rings. The van der Waals surface area contributed by atoms with Crippen LogP contribution in [0.3, 0.4) is 0 Å². The van der Waals surface area contributed by atoms with Gasteiger partial charge < -0.3 is 9.73 Å². The van der Waals surface area contributed by atoms with Crippen LogP contribution in [-0.2, 0) is 4.79 Å². The number of fused-ring (bicyclic) bond motifs is 1. The number of amides is 1. The van der Waals surface area contributed by atoms with E-state index in [4.69, 9.17) is 4.42 Å². The summed E-state index contributed by atoms with van der Waals surface area (Å²) in [7, 11) is 0. The van der Waals surface area contributed by atoms with Gasteiger partial charge in [0.25, 0.3) is 0 Å². The lowest BCUT2D eigenvalue weighted by Crippen LogP contribution is -2.13. The van der Waals surface area contributed by atoms with Crippen LogP contribution in [0.2, 0.25) is 0 Å². The van der Waals surface area contributed by atoms with Crippen molar-refractivity contribution in [1.82, 2.24) is 4.98 Å². The maximum atomic E-state index is 11.6. The van der Waals surface area contributed by atoms with E-state index in [1.165, 1.54) is 0 Å². The first-order chi connectivity index (χ1) is 8.04. The molecule has 1 amide bonds. The maximum Gasteiger partial charge on any atom is 0.224 e. The molecular weight excluding hydrogens is 216 g/mol. The van der Waals surface area contributed by atoms with Crippen LogP contribution in [0.25, 0.3) is 11.1 Å². The highest BCUT2D eigenvalue weighted by atomic mass is 16.3. The molecule has 1 aromatic carbocycles. The topological polar surface area (TPSA) is 55.1 Å².